The number of rotatable bonds is 2. The Morgan fingerprint density at radius 3 is 3.12 bits per heavy atom. The fourth-order valence-corrected chi connectivity index (χ4v) is 2.07. The summed E-state index contributed by atoms with van der Waals surface area (Å²) >= 11 is 0. The predicted octanol–water partition coefficient (Wildman–Crippen LogP) is 1.30. The van der Waals surface area contributed by atoms with Crippen molar-refractivity contribution in [2.45, 2.75) is 18.9 Å². The van der Waals surface area contributed by atoms with Crippen LogP contribution in [0.1, 0.15) is 18.4 Å². The van der Waals surface area contributed by atoms with Crippen molar-refractivity contribution in [2.75, 3.05) is 18.0 Å². The Hall–Kier alpha value is -1.31. The summed E-state index contributed by atoms with van der Waals surface area (Å²) in [6.07, 6.45) is 3.95. The smallest absolute Gasteiger partial charge is 0.146 e. The number of halogens is 1. The number of hydrogen-bond acceptors (Lipinski definition) is 4. The van der Waals surface area contributed by atoms with Gasteiger partial charge in [0.25, 0.3) is 0 Å². The molecule has 0 amide bonds. The fraction of sp³-hybridized carbons (Fsp3) is 0.455. The van der Waals surface area contributed by atoms with E-state index in [4.69, 9.17) is 11.0 Å². The first-order chi connectivity index (χ1) is 7.36. The molecule has 2 rings (SSSR count). The van der Waals surface area contributed by atoms with Gasteiger partial charge in [-0.25, -0.2) is 4.98 Å². The van der Waals surface area contributed by atoms with Crippen LogP contribution in [0.25, 0.3) is 0 Å². The van der Waals surface area contributed by atoms with Crippen LogP contribution in [0.15, 0.2) is 18.3 Å². The van der Waals surface area contributed by atoms with E-state index < -0.39 is 0 Å². The van der Waals surface area contributed by atoms with Crippen LogP contribution in [-0.4, -0.2) is 24.1 Å². The summed E-state index contributed by atoms with van der Waals surface area (Å²) in [5.41, 5.74) is 6.34. The van der Waals surface area contributed by atoms with Gasteiger partial charge in [-0.15, -0.1) is 12.4 Å². The van der Waals surface area contributed by atoms with Gasteiger partial charge in [-0.2, -0.15) is 5.26 Å². The highest BCUT2D eigenvalue weighted by Gasteiger charge is 2.25. The molecule has 1 atom stereocenters. The number of nitrogens with two attached hydrogens (primary N) is 1. The molecule has 86 valence electrons. The molecule has 2 heterocycles. The van der Waals surface area contributed by atoms with Crippen molar-refractivity contribution in [3.63, 3.8) is 0 Å². The third-order valence-corrected chi connectivity index (χ3v) is 2.83. The van der Waals surface area contributed by atoms with Gasteiger partial charge in [-0.3, -0.25) is 0 Å². The highest BCUT2D eigenvalue weighted by Crippen LogP contribution is 2.25. The van der Waals surface area contributed by atoms with Gasteiger partial charge < -0.3 is 10.6 Å². The summed E-state index contributed by atoms with van der Waals surface area (Å²) in [7, 11) is 0. The largest absolute Gasteiger partial charge is 0.351 e. The molecule has 0 aliphatic carbocycles. The highest BCUT2D eigenvalue weighted by molar-refractivity contribution is 5.85. The third-order valence-electron chi connectivity index (χ3n) is 2.83. The van der Waals surface area contributed by atoms with Crippen LogP contribution in [0.5, 0.6) is 0 Å². The molecule has 1 aromatic heterocycles. The third kappa shape index (κ3) is 2.26. The van der Waals surface area contributed by atoms with Crippen LogP contribution in [0.4, 0.5) is 5.82 Å². The van der Waals surface area contributed by atoms with Crippen molar-refractivity contribution >= 4 is 18.2 Å². The first-order valence-corrected chi connectivity index (χ1v) is 5.18. The summed E-state index contributed by atoms with van der Waals surface area (Å²) in [4.78, 5) is 6.43. The predicted molar refractivity (Wildman–Crippen MR) is 65.6 cm³/mol. The molecule has 5 heteroatoms. The number of anilines is 1. The minimum absolute atomic E-state index is 0. The van der Waals surface area contributed by atoms with Crippen LogP contribution in [0, 0.1) is 11.3 Å². The maximum absolute atomic E-state index is 8.99. The molecule has 0 bridgehead atoms. The molecule has 4 nitrogen and oxygen atoms in total. The van der Waals surface area contributed by atoms with E-state index in [9.17, 15) is 0 Å². The van der Waals surface area contributed by atoms with E-state index in [0.29, 0.717) is 18.2 Å². The van der Waals surface area contributed by atoms with Gasteiger partial charge in [-0.1, -0.05) is 0 Å². The summed E-state index contributed by atoms with van der Waals surface area (Å²) in [5, 5.41) is 8.99. The van der Waals surface area contributed by atoms with Crippen LogP contribution in [0.2, 0.25) is 0 Å². The molecule has 1 aliphatic rings. The number of nitriles is 1. The topological polar surface area (TPSA) is 65.9 Å². The summed E-state index contributed by atoms with van der Waals surface area (Å²) in [6.45, 7) is 1.58. The summed E-state index contributed by atoms with van der Waals surface area (Å²) in [6, 6.07) is 6.10. The normalized spacial score (nSPS) is 19.0. The number of aromatic nitrogens is 1. The Bertz CT molecular complexity index is 388. The molecule has 0 radical (unpaired) electrons. The zero-order valence-corrected chi connectivity index (χ0v) is 9.78. The van der Waals surface area contributed by atoms with Crippen LogP contribution >= 0.6 is 12.4 Å². The van der Waals surface area contributed by atoms with Gasteiger partial charge >= 0.3 is 0 Å². The van der Waals surface area contributed by atoms with E-state index in [0.717, 1.165) is 25.2 Å². The minimum atomic E-state index is 0. The second kappa shape index (κ2) is 5.69. The number of hydrogen-bond donors (Lipinski definition) is 1. The molecule has 1 aliphatic heterocycles. The van der Waals surface area contributed by atoms with Crippen LogP contribution in [0.3, 0.4) is 0 Å². The first-order valence-electron chi connectivity index (χ1n) is 5.18. The average Bonchev–Trinajstić information content (AvgIpc) is 2.76. The molecule has 1 saturated heterocycles. The van der Waals surface area contributed by atoms with E-state index in [1.165, 1.54) is 0 Å². The van der Waals surface area contributed by atoms with Gasteiger partial charge in [-0.05, 0) is 25.0 Å². The number of nitrogens with zero attached hydrogens (tertiary/aromatic N) is 3. The van der Waals surface area contributed by atoms with Gasteiger partial charge in [0.2, 0.25) is 0 Å². The van der Waals surface area contributed by atoms with Crippen LogP contribution < -0.4 is 10.6 Å². The zero-order valence-electron chi connectivity index (χ0n) is 8.97. The molecular weight excluding hydrogens is 224 g/mol. The zero-order chi connectivity index (χ0) is 10.7. The van der Waals surface area contributed by atoms with E-state index >= 15 is 0 Å². The Morgan fingerprint density at radius 1 is 1.62 bits per heavy atom. The standard InChI is InChI=1S/C11H14N4.ClH/c12-7-9-3-1-5-14-11(9)15-6-2-4-10(15)8-13;/h1,3,5,10H,2,4,6,8,13H2;1H. The Balaban J connectivity index is 0.00000128. The maximum atomic E-state index is 8.99. The minimum Gasteiger partial charge on any atom is -0.351 e. The second-order valence-electron chi connectivity index (χ2n) is 3.71. The average molecular weight is 239 g/mol. The summed E-state index contributed by atoms with van der Waals surface area (Å²) in [5.74, 6) is 0.785. The molecule has 16 heavy (non-hydrogen) atoms. The summed E-state index contributed by atoms with van der Waals surface area (Å²) < 4.78 is 0. The van der Waals surface area contributed by atoms with Crippen molar-refractivity contribution in [2.24, 2.45) is 5.73 Å². The van der Waals surface area contributed by atoms with Crippen molar-refractivity contribution in [1.82, 2.24) is 4.98 Å². The Kier molecular flexibility index (Phi) is 4.53. The first kappa shape index (κ1) is 12.8. The molecule has 1 aromatic rings. The van der Waals surface area contributed by atoms with Crippen molar-refractivity contribution in [1.29, 1.82) is 5.26 Å². The van der Waals surface area contributed by atoms with Crippen molar-refractivity contribution in [3.05, 3.63) is 23.9 Å². The molecular formula is C11H15ClN4. The molecule has 0 spiro atoms. The monoisotopic (exact) mass is 238 g/mol. The van der Waals surface area contributed by atoms with Gasteiger partial charge in [0.05, 0.1) is 5.56 Å². The lowest BCUT2D eigenvalue weighted by Crippen LogP contribution is -2.36. The Labute approximate surface area is 101 Å². The molecule has 1 fully saturated rings. The second-order valence-corrected chi connectivity index (χ2v) is 3.71. The SMILES string of the molecule is Cl.N#Cc1cccnc1N1CCCC1CN. The fourth-order valence-electron chi connectivity index (χ4n) is 2.07. The molecule has 0 saturated carbocycles. The van der Waals surface area contributed by atoms with Crippen molar-refractivity contribution < 1.29 is 0 Å². The van der Waals surface area contributed by atoms with Crippen molar-refractivity contribution in [3.8, 4) is 6.07 Å². The molecule has 2 N–H and O–H groups in total. The lowest BCUT2D eigenvalue weighted by molar-refractivity contribution is 0.671. The van der Waals surface area contributed by atoms with Gasteiger partial charge in [0.1, 0.15) is 11.9 Å². The van der Waals surface area contributed by atoms with Crippen LogP contribution in [-0.2, 0) is 0 Å². The van der Waals surface area contributed by atoms with E-state index in [2.05, 4.69) is 16.0 Å². The van der Waals surface area contributed by atoms with Gasteiger partial charge in [0.15, 0.2) is 0 Å². The lowest BCUT2D eigenvalue weighted by Gasteiger charge is -2.25. The number of pyridine rings is 1. The van der Waals surface area contributed by atoms with E-state index in [-0.39, 0.29) is 12.4 Å². The molecule has 1 unspecified atom stereocenters. The van der Waals surface area contributed by atoms with E-state index in [1.807, 2.05) is 0 Å². The van der Waals surface area contributed by atoms with E-state index in [1.54, 1.807) is 18.3 Å². The lowest BCUT2D eigenvalue weighted by atomic mass is 10.2. The quantitative estimate of drug-likeness (QED) is 0.844. The molecule has 0 aromatic carbocycles. The highest BCUT2D eigenvalue weighted by atomic mass is 35.5. The van der Waals surface area contributed by atoms with Gasteiger partial charge in [0, 0.05) is 25.3 Å². The Morgan fingerprint density at radius 2 is 2.44 bits per heavy atom. The maximum Gasteiger partial charge on any atom is 0.146 e.